The maximum atomic E-state index is 14.5. The first-order chi connectivity index (χ1) is 16.5. The highest BCUT2D eigenvalue weighted by atomic mass is 19.1. The summed E-state index contributed by atoms with van der Waals surface area (Å²) in [5.41, 5.74) is 8.85. The quantitative estimate of drug-likeness (QED) is 0.541. The number of nitrogens with zero attached hydrogens (tertiary/aromatic N) is 2. The van der Waals surface area contributed by atoms with Gasteiger partial charge >= 0.3 is 0 Å². The van der Waals surface area contributed by atoms with Crippen LogP contribution in [0.2, 0.25) is 0 Å². The number of rotatable bonds is 8. The highest BCUT2D eigenvalue weighted by Gasteiger charge is 2.28. The first kappa shape index (κ1) is 24.0. The van der Waals surface area contributed by atoms with Crippen molar-refractivity contribution in [2.75, 3.05) is 41.0 Å². The lowest BCUT2D eigenvalue weighted by Crippen LogP contribution is -2.38. The van der Waals surface area contributed by atoms with Gasteiger partial charge in [-0.3, -0.25) is 4.79 Å². The number of benzene rings is 2. The summed E-state index contributed by atoms with van der Waals surface area (Å²) in [4.78, 5) is 15.4. The zero-order valence-electron chi connectivity index (χ0n) is 20.0. The van der Waals surface area contributed by atoms with Crippen LogP contribution in [0.1, 0.15) is 40.2 Å². The molecule has 1 saturated heterocycles. The van der Waals surface area contributed by atoms with Crippen LogP contribution in [-0.4, -0.2) is 56.4 Å². The summed E-state index contributed by atoms with van der Waals surface area (Å²) in [7, 11) is 4.82. The fraction of sp³-hybridized carbons (Fsp3) is 0.423. The van der Waals surface area contributed by atoms with Crippen molar-refractivity contribution in [1.82, 2.24) is 9.47 Å². The molecule has 0 atom stereocenters. The molecule has 0 bridgehead atoms. The molecule has 0 unspecified atom stereocenters. The van der Waals surface area contributed by atoms with Gasteiger partial charge in [0.15, 0.2) is 11.5 Å². The van der Waals surface area contributed by atoms with Crippen molar-refractivity contribution in [2.24, 2.45) is 5.73 Å². The van der Waals surface area contributed by atoms with Gasteiger partial charge < -0.3 is 29.4 Å². The Morgan fingerprint density at radius 1 is 1.09 bits per heavy atom. The van der Waals surface area contributed by atoms with Gasteiger partial charge in [0.2, 0.25) is 0 Å². The number of amides is 1. The Kier molecular flexibility index (Phi) is 7.38. The molecule has 1 aliphatic heterocycles. The number of ether oxygens (including phenoxy) is 3. The van der Waals surface area contributed by atoms with E-state index in [1.807, 2.05) is 33.9 Å². The van der Waals surface area contributed by atoms with Crippen LogP contribution < -0.4 is 15.2 Å². The molecule has 2 aromatic carbocycles. The molecule has 2 heterocycles. The van der Waals surface area contributed by atoms with Gasteiger partial charge in [0, 0.05) is 50.9 Å². The van der Waals surface area contributed by atoms with Crippen LogP contribution in [-0.2, 0) is 17.8 Å². The monoisotopic (exact) mass is 469 g/mol. The third-order valence-electron chi connectivity index (χ3n) is 6.67. The van der Waals surface area contributed by atoms with Crippen molar-refractivity contribution in [3.05, 3.63) is 59.0 Å². The van der Waals surface area contributed by atoms with E-state index in [0.29, 0.717) is 68.3 Å². The summed E-state index contributed by atoms with van der Waals surface area (Å²) in [6.45, 7) is 2.63. The lowest BCUT2D eigenvalue weighted by Gasteiger charge is -2.32. The van der Waals surface area contributed by atoms with Gasteiger partial charge in [0.05, 0.1) is 31.9 Å². The third-order valence-corrected chi connectivity index (χ3v) is 6.67. The molecule has 0 radical (unpaired) electrons. The van der Waals surface area contributed by atoms with Crippen molar-refractivity contribution in [2.45, 2.75) is 31.8 Å². The molecule has 182 valence electrons. The van der Waals surface area contributed by atoms with Crippen LogP contribution in [0.25, 0.3) is 10.9 Å². The van der Waals surface area contributed by atoms with E-state index in [2.05, 4.69) is 0 Å². The van der Waals surface area contributed by atoms with E-state index in [1.54, 1.807) is 27.4 Å². The zero-order chi connectivity index (χ0) is 24.2. The first-order valence-corrected chi connectivity index (χ1v) is 11.5. The Morgan fingerprint density at radius 2 is 1.79 bits per heavy atom. The van der Waals surface area contributed by atoms with Crippen LogP contribution in [0.4, 0.5) is 4.39 Å². The number of aromatic nitrogens is 1. The fourth-order valence-corrected chi connectivity index (χ4v) is 4.76. The smallest absolute Gasteiger partial charge is 0.256 e. The van der Waals surface area contributed by atoms with Crippen LogP contribution in [0, 0.1) is 5.82 Å². The molecule has 0 saturated carbocycles. The number of nitrogens with two attached hydrogens (primary N) is 1. The van der Waals surface area contributed by atoms with E-state index >= 15 is 0 Å². The lowest BCUT2D eigenvalue weighted by molar-refractivity contribution is 0.0714. The van der Waals surface area contributed by atoms with E-state index in [4.69, 9.17) is 19.9 Å². The Hall–Kier alpha value is -3.10. The molecule has 8 heteroatoms. The molecule has 3 aromatic rings. The van der Waals surface area contributed by atoms with Crippen LogP contribution in [0.3, 0.4) is 0 Å². The summed E-state index contributed by atoms with van der Waals surface area (Å²) < 4.78 is 32.7. The SMILES string of the molecule is COCCn1cc(C(=O)N2CCC(c3cc(CN)ccc3F)CC2)c2cc(OC)c(OC)cc21. The van der Waals surface area contributed by atoms with E-state index in [-0.39, 0.29) is 17.6 Å². The highest BCUT2D eigenvalue weighted by molar-refractivity contribution is 6.07. The molecule has 4 rings (SSSR count). The molecule has 1 fully saturated rings. The Balaban J connectivity index is 1.59. The molecule has 34 heavy (non-hydrogen) atoms. The summed E-state index contributed by atoms with van der Waals surface area (Å²) >= 11 is 0. The number of carbonyl (C=O) groups is 1. The molecule has 7 nitrogen and oxygen atoms in total. The minimum atomic E-state index is -0.204. The van der Waals surface area contributed by atoms with Crippen molar-refractivity contribution in [3.8, 4) is 11.5 Å². The van der Waals surface area contributed by atoms with Crippen molar-refractivity contribution < 1.29 is 23.4 Å². The van der Waals surface area contributed by atoms with E-state index in [0.717, 1.165) is 16.5 Å². The number of halogens is 1. The number of carbonyl (C=O) groups excluding carboxylic acids is 1. The Morgan fingerprint density at radius 3 is 2.44 bits per heavy atom. The number of hydrogen-bond acceptors (Lipinski definition) is 5. The van der Waals surface area contributed by atoms with Crippen molar-refractivity contribution in [1.29, 1.82) is 0 Å². The summed E-state index contributed by atoms with van der Waals surface area (Å²) in [6, 6.07) is 8.82. The predicted octanol–water partition coefficient (Wildman–Crippen LogP) is 3.92. The first-order valence-electron chi connectivity index (χ1n) is 11.5. The van der Waals surface area contributed by atoms with Gasteiger partial charge in [-0.25, -0.2) is 4.39 Å². The largest absolute Gasteiger partial charge is 0.493 e. The number of fused-ring (bicyclic) bond motifs is 1. The predicted molar refractivity (Wildman–Crippen MR) is 129 cm³/mol. The van der Waals surface area contributed by atoms with E-state index in [1.165, 1.54) is 6.07 Å². The molecular weight excluding hydrogens is 437 g/mol. The number of likely N-dealkylation sites (tertiary alicyclic amines) is 1. The van der Waals surface area contributed by atoms with Crippen LogP contribution in [0.15, 0.2) is 36.5 Å². The summed E-state index contributed by atoms with van der Waals surface area (Å²) in [6.07, 6.45) is 3.29. The molecule has 0 spiro atoms. The minimum absolute atomic E-state index is 0.0389. The van der Waals surface area contributed by atoms with Gasteiger partial charge in [-0.1, -0.05) is 12.1 Å². The average molecular weight is 470 g/mol. The second kappa shape index (κ2) is 10.4. The van der Waals surface area contributed by atoms with Gasteiger partial charge in [0.25, 0.3) is 5.91 Å². The zero-order valence-corrected chi connectivity index (χ0v) is 20.0. The fourth-order valence-electron chi connectivity index (χ4n) is 4.76. The number of piperidine rings is 1. The van der Waals surface area contributed by atoms with Gasteiger partial charge in [0.1, 0.15) is 5.82 Å². The second-order valence-electron chi connectivity index (χ2n) is 8.58. The second-order valence-corrected chi connectivity index (χ2v) is 8.58. The molecular formula is C26H32FN3O4. The Labute approximate surface area is 199 Å². The maximum Gasteiger partial charge on any atom is 0.256 e. The molecule has 1 aliphatic rings. The summed E-state index contributed by atoms with van der Waals surface area (Å²) in [5.74, 6) is 1.01. The van der Waals surface area contributed by atoms with E-state index < -0.39 is 0 Å². The van der Waals surface area contributed by atoms with E-state index in [9.17, 15) is 9.18 Å². The third kappa shape index (κ3) is 4.60. The molecule has 0 aliphatic carbocycles. The Bertz CT molecular complexity index is 1170. The number of hydrogen-bond donors (Lipinski definition) is 1. The maximum absolute atomic E-state index is 14.5. The highest BCUT2D eigenvalue weighted by Crippen LogP contribution is 2.36. The lowest BCUT2D eigenvalue weighted by atomic mass is 9.88. The molecule has 1 aromatic heterocycles. The topological polar surface area (TPSA) is 79.0 Å². The normalized spacial score (nSPS) is 14.6. The molecule has 1 amide bonds. The number of methoxy groups -OCH3 is 3. The standard InChI is InChI=1S/C26H32FN3O4/c1-32-11-10-30-16-21(20-13-24(33-2)25(34-3)14-23(20)30)26(31)29-8-6-18(7-9-29)19-12-17(15-28)4-5-22(19)27/h4-5,12-14,16,18H,6-11,15,28H2,1-3H3. The minimum Gasteiger partial charge on any atom is -0.493 e. The van der Waals surface area contributed by atoms with Crippen molar-refractivity contribution >= 4 is 16.8 Å². The average Bonchev–Trinajstić information content (AvgIpc) is 3.23. The van der Waals surface area contributed by atoms with Crippen LogP contribution in [0.5, 0.6) is 11.5 Å². The van der Waals surface area contributed by atoms with Gasteiger partial charge in [-0.05, 0) is 42.0 Å². The summed E-state index contributed by atoms with van der Waals surface area (Å²) in [5, 5.41) is 0.808. The van der Waals surface area contributed by atoms with Gasteiger partial charge in [-0.2, -0.15) is 0 Å². The van der Waals surface area contributed by atoms with Crippen LogP contribution >= 0.6 is 0 Å². The van der Waals surface area contributed by atoms with Crippen molar-refractivity contribution in [3.63, 3.8) is 0 Å². The van der Waals surface area contributed by atoms with Gasteiger partial charge in [-0.15, -0.1) is 0 Å². The molecule has 2 N–H and O–H groups in total.